The van der Waals surface area contributed by atoms with Gasteiger partial charge in [-0.05, 0) is 55.3 Å². The van der Waals surface area contributed by atoms with Crippen LogP contribution >= 0.6 is 0 Å². The first-order valence-corrected chi connectivity index (χ1v) is 11.5. The summed E-state index contributed by atoms with van der Waals surface area (Å²) in [6.07, 6.45) is -3.25. The first-order valence-electron chi connectivity index (χ1n) is 11.5. The molecule has 3 aromatic rings. The second-order valence-electron chi connectivity index (χ2n) is 8.53. The monoisotopic (exact) mass is 486 g/mol. The molecule has 0 spiro atoms. The average molecular weight is 487 g/mol. The maximum absolute atomic E-state index is 13.8. The van der Waals surface area contributed by atoms with Crippen molar-refractivity contribution in [3.05, 3.63) is 88.1 Å². The highest BCUT2D eigenvalue weighted by atomic mass is 19.4. The standard InChI is InChI=1S/C26H26F4N4O/c1-3-23-22(16-18-5-4-6-21(27)15-18)24(32-17(2)31-23)33-11-13-34(14-12-33)25(35)19-7-9-20(10-8-19)26(28,29)30/h4-10,15H,3,11-14,16H2,1-2H3. The number of carbonyl (C=O) groups excluding carboxylic acids is 1. The molecule has 2 aromatic carbocycles. The Labute approximate surface area is 201 Å². The van der Waals surface area contributed by atoms with Gasteiger partial charge in [0.1, 0.15) is 17.5 Å². The molecule has 35 heavy (non-hydrogen) atoms. The molecule has 5 nitrogen and oxygen atoms in total. The molecule has 1 saturated heterocycles. The number of carbonyl (C=O) groups is 1. The van der Waals surface area contributed by atoms with Crippen molar-refractivity contribution >= 4 is 11.7 Å². The Hall–Kier alpha value is -3.49. The third-order valence-corrected chi connectivity index (χ3v) is 6.11. The number of benzene rings is 2. The van der Waals surface area contributed by atoms with Gasteiger partial charge in [0.2, 0.25) is 0 Å². The highest BCUT2D eigenvalue weighted by Crippen LogP contribution is 2.30. The molecule has 9 heteroatoms. The molecule has 1 aromatic heterocycles. The molecule has 1 aliphatic rings. The molecular weight excluding hydrogens is 460 g/mol. The Morgan fingerprint density at radius 1 is 1.00 bits per heavy atom. The zero-order valence-corrected chi connectivity index (χ0v) is 19.6. The van der Waals surface area contributed by atoms with Crippen molar-refractivity contribution in [2.24, 2.45) is 0 Å². The van der Waals surface area contributed by atoms with Crippen molar-refractivity contribution in [3.63, 3.8) is 0 Å². The molecule has 0 unspecified atom stereocenters. The van der Waals surface area contributed by atoms with E-state index in [9.17, 15) is 22.4 Å². The van der Waals surface area contributed by atoms with Gasteiger partial charge in [-0.15, -0.1) is 0 Å². The lowest BCUT2D eigenvalue weighted by atomic mass is 10.0. The van der Waals surface area contributed by atoms with Crippen molar-refractivity contribution in [2.45, 2.75) is 32.9 Å². The van der Waals surface area contributed by atoms with E-state index in [2.05, 4.69) is 9.88 Å². The number of nitrogens with zero attached hydrogens (tertiary/aromatic N) is 4. The molecule has 0 aliphatic carbocycles. The molecule has 184 valence electrons. The molecule has 1 amide bonds. The van der Waals surface area contributed by atoms with E-state index in [0.29, 0.717) is 44.8 Å². The molecule has 0 radical (unpaired) electrons. The van der Waals surface area contributed by atoms with Gasteiger partial charge in [-0.2, -0.15) is 13.2 Å². The molecule has 0 N–H and O–H groups in total. The first-order chi connectivity index (χ1) is 16.7. The zero-order chi connectivity index (χ0) is 25.2. The predicted octanol–water partition coefficient (Wildman–Crippen LogP) is 5.06. The van der Waals surface area contributed by atoms with E-state index < -0.39 is 11.7 Å². The van der Waals surface area contributed by atoms with Crippen molar-refractivity contribution in [2.75, 3.05) is 31.1 Å². The number of alkyl halides is 3. The molecule has 0 saturated carbocycles. The van der Waals surface area contributed by atoms with Crippen LogP contribution in [0.3, 0.4) is 0 Å². The Morgan fingerprint density at radius 2 is 1.69 bits per heavy atom. The summed E-state index contributed by atoms with van der Waals surface area (Å²) in [4.78, 5) is 25.9. The fraction of sp³-hybridized carbons (Fsp3) is 0.346. The summed E-state index contributed by atoms with van der Waals surface area (Å²) in [5, 5.41) is 0. The van der Waals surface area contributed by atoms with Gasteiger partial charge in [-0.3, -0.25) is 4.79 Å². The third kappa shape index (κ3) is 5.61. The highest BCUT2D eigenvalue weighted by Gasteiger charge is 2.31. The zero-order valence-electron chi connectivity index (χ0n) is 19.6. The number of aryl methyl sites for hydroxylation is 2. The van der Waals surface area contributed by atoms with E-state index in [1.807, 2.05) is 19.9 Å². The van der Waals surface area contributed by atoms with Gasteiger partial charge in [0.05, 0.1) is 5.56 Å². The fourth-order valence-corrected chi connectivity index (χ4v) is 4.33. The van der Waals surface area contributed by atoms with Crippen molar-refractivity contribution < 1.29 is 22.4 Å². The molecule has 4 rings (SSSR count). The van der Waals surface area contributed by atoms with Crippen LogP contribution in [0.5, 0.6) is 0 Å². The number of hydrogen-bond donors (Lipinski definition) is 0. The van der Waals surface area contributed by atoms with Gasteiger partial charge in [-0.25, -0.2) is 14.4 Å². The maximum atomic E-state index is 13.8. The number of piperazine rings is 1. The van der Waals surface area contributed by atoms with Crippen LogP contribution in [0.2, 0.25) is 0 Å². The number of halogens is 4. The molecule has 0 bridgehead atoms. The quantitative estimate of drug-likeness (QED) is 0.473. The Balaban J connectivity index is 1.51. The lowest BCUT2D eigenvalue weighted by Gasteiger charge is -2.36. The van der Waals surface area contributed by atoms with Crippen LogP contribution in [0.25, 0.3) is 0 Å². The van der Waals surface area contributed by atoms with Gasteiger partial charge in [-0.1, -0.05) is 19.1 Å². The SMILES string of the molecule is CCc1nc(C)nc(N2CCN(C(=O)c3ccc(C(F)(F)F)cc3)CC2)c1Cc1cccc(F)c1. The smallest absolute Gasteiger partial charge is 0.353 e. The van der Waals surface area contributed by atoms with E-state index in [-0.39, 0.29) is 17.3 Å². The summed E-state index contributed by atoms with van der Waals surface area (Å²) in [6.45, 7) is 5.69. The minimum Gasteiger partial charge on any atom is -0.353 e. The molecule has 1 aliphatic heterocycles. The Morgan fingerprint density at radius 3 is 2.29 bits per heavy atom. The number of amides is 1. The Bertz CT molecular complexity index is 1200. The van der Waals surface area contributed by atoms with Crippen LogP contribution in [0.1, 0.15) is 45.5 Å². The topological polar surface area (TPSA) is 49.3 Å². The summed E-state index contributed by atoms with van der Waals surface area (Å²) < 4.78 is 52.2. The summed E-state index contributed by atoms with van der Waals surface area (Å²) in [5.74, 6) is 0.820. The Kier molecular flexibility index (Phi) is 7.05. The number of rotatable bonds is 5. The third-order valence-electron chi connectivity index (χ3n) is 6.11. The van der Waals surface area contributed by atoms with Gasteiger partial charge in [0.25, 0.3) is 5.91 Å². The van der Waals surface area contributed by atoms with Crippen LogP contribution in [0.4, 0.5) is 23.4 Å². The molecule has 2 heterocycles. The lowest BCUT2D eigenvalue weighted by Crippen LogP contribution is -2.49. The van der Waals surface area contributed by atoms with Gasteiger partial charge in [0, 0.05) is 49.4 Å². The maximum Gasteiger partial charge on any atom is 0.416 e. The van der Waals surface area contributed by atoms with Gasteiger partial charge in [0.15, 0.2) is 0 Å². The van der Waals surface area contributed by atoms with Crippen LogP contribution < -0.4 is 4.90 Å². The van der Waals surface area contributed by atoms with Crippen LogP contribution in [0.15, 0.2) is 48.5 Å². The predicted molar refractivity (Wildman–Crippen MR) is 125 cm³/mol. The minimum atomic E-state index is -4.44. The summed E-state index contributed by atoms with van der Waals surface area (Å²) in [5.41, 5.74) is 2.11. The lowest BCUT2D eigenvalue weighted by molar-refractivity contribution is -0.137. The summed E-state index contributed by atoms with van der Waals surface area (Å²) in [6, 6.07) is 10.7. The normalized spacial score (nSPS) is 14.3. The van der Waals surface area contributed by atoms with E-state index in [1.165, 1.54) is 24.3 Å². The van der Waals surface area contributed by atoms with Crippen LogP contribution in [-0.2, 0) is 19.0 Å². The van der Waals surface area contributed by atoms with Crippen LogP contribution in [-0.4, -0.2) is 47.0 Å². The molecule has 1 fully saturated rings. The first kappa shape index (κ1) is 24.6. The average Bonchev–Trinajstić information content (AvgIpc) is 2.84. The second kappa shape index (κ2) is 10.0. The second-order valence-corrected chi connectivity index (χ2v) is 8.53. The van der Waals surface area contributed by atoms with Crippen molar-refractivity contribution in [1.29, 1.82) is 0 Å². The molecular formula is C26H26F4N4O. The fourth-order valence-electron chi connectivity index (χ4n) is 4.33. The number of anilines is 1. The van der Waals surface area contributed by atoms with Crippen molar-refractivity contribution in [1.82, 2.24) is 14.9 Å². The van der Waals surface area contributed by atoms with E-state index >= 15 is 0 Å². The van der Waals surface area contributed by atoms with Gasteiger partial charge >= 0.3 is 6.18 Å². The van der Waals surface area contributed by atoms with E-state index in [0.717, 1.165) is 34.8 Å². The minimum absolute atomic E-state index is 0.226. The summed E-state index contributed by atoms with van der Waals surface area (Å²) >= 11 is 0. The van der Waals surface area contributed by atoms with E-state index in [4.69, 9.17) is 4.98 Å². The number of hydrogen-bond acceptors (Lipinski definition) is 4. The molecule has 0 atom stereocenters. The van der Waals surface area contributed by atoms with Crippen molar-refractivity contribution in [3.8, 4) is 0 Å². The van der Waals surface area contributed by atoms with Crippen LogP contribution in [0, 0.1) is 12.7 Å². The largest absolute Gasteiger partial charge is 0.416 e. The summed E-state index contributed by atoms with van der Waals surface area (Å²) in [7, 11) is 0. The van der Waals surface area contributed by atoms with Gasteiger partial charge < -0.3 is 9.80 Å². The number of aromatic nitrogens is 2. The highest BCUT2D eigenvalue weighted by molar-refractivity contribution is 5.94. The van der Waals surface area contributed by atoms with E-state index in [1.54, 1.807) is 11.0 Å².